The molecule has 96 valence electrons. The summed E-state index contributed by atoms with van der Waals surface area (Å²) < 4.78 is 0. The number of carbonyl (C=O) groups excluding carboxylic acids is 1. The second-order valence-corrected chi connectivity index (χ2v) is 4.32. The van der Waals surface area contributed by atoms with E-state index in [4.69, 9.17) is 5.26 Å². The number of nitrogens with zero attached hydrogens (tertiary/aromatic N) is 2. The van der Waals surface area contributed by atoms with Crippen molar-refractivity contribution in [2.24, 2.45) is 0 Å². The number of carbonyl (C=O) groups is 1. The topological polar surface area (TPSA) is 76.4 Å². The molecule has 1 rings (SSSR count). The van der Waals surface area contributed by atoms with E-state index in [9.17, 15) is 9.90 Å². The minimum atomic E-state index is -0.595. The Kier molecular flexibility index (Phi) is 5.31. The summed E-state index contributed by atoms with van der Waals surface area (Å²) in [5.74, 6) is -0.253. The Morgan fingerprint density at radius 3 is 2.56 bits per heavy atom. The minimum Gasteiger partial charge on any atom is -0.390 e. The van der Waals surface area contributed by atoms with E-state index in [2.05, 4.69) is 5.32 Å². The second-order valence-electron chi connectivity index (χ2n) is 4.32. The van der Waals surface area contributed by atoms with Gasteiger partial charge in [0.2, 0.25) is 0 Å². The number of hydrogen-bond donors (Lipinski definition) is 2. The van der Waals surface area contributed by atoms with Gasteiger partial charge >= 0.3 is 0 Å². The standard InChI is InChI=1S/C13H17N3O2/c1-16(2)9-12(17)8-15-13(18)11-5-3-10(7-14)4-6-11/h3-6,12,17H,8-9H2,1-2H3,(H,15,18). The van der Waals surface area contributed by atoms with Crippen LogP contribution >= 0.6 is 0 Å². The maximum Gasteiger partial charge on any atom is 0.251 e. The summed E-state index contributed by atoms with van der Waals surface area (Å²) in [6, 6.07) is 8.34. The van der Waals surface area contributed by atoms with Crippen LogP contribution in [0.15, 0.2) is 24.3 Å². The Balaban J connectivity index is 2.47. The van der Waals surface area contributed by atoms with Gasteiger partial charge in [-0.2, -0.15) is 5.26 Å². The summed E-state index contributed by atoms with van der Waals surface area (Å²) in [5, 5.41) is 20.9. The van der Waals surface area contributed by atoms with Gasteiger partial charge in [0.1, 0.15) is 0 Å². The first-order valence-corrected chi connectivity index (χ1v) is 5.64. The molecule has 5 heteroatoms. The molecule has 0 spiro atoms. The van der Waals surface area contributed by atoms with Gasteiger partial charge in [0.05, 0.1) is 17.7 Å². The minimum absolute atomic E-state index is 0.205. The monoisotopic (exact) mass is 247 g/mol. The molecule has 1 aromatic rings. The van der Waals surface area contributed by atoms with Crippen LogP contribution in [0.4, 0.5) is 0 Å². The lowest BCUT2D eigenvalue weighted by molar-refractivity contribution is 0.0892. The predicted octanol–water partition coefficient (Wildman–Crippen LogP) is 0.211. The largest absolute Gasteiger partial charge is 0.390 e. The number of rotatable bonds is 5. The molecule has 2 N–H and O–H groups in total. The zero-order chi connectivity index (χ0) is 13.5. The zero-order valence-electron chi connectivity index (χ0n) is 10.6. The summed E-state index contributed by atoms with van der Waals surface area (Å²) in [4.78, 5) is 13.6. The third-order valence-electron chi connectivity index (χ3n) is 2.35. The van der Waals surface area contributed by atoms with Crippen LogP contribution in [0.25, 0.3) is 0 Å². The molecular formula is C13H17N3O2. The molecule has 1 amide bonds. The van der Waals surface area contributed by atoms with Crippen molar-refractivity contribution in [3.8, 4) is 6.07 Å². The van der Waals surface area contributed by atoms with Gasteiger partial charge in [0.25, 0.3) is 5.91 Å². The Morgan fingerprint density at radius 2 is 2.06 bits per heavy atom. The zero-order valence-corrected chi connectivity index (χ0v) is 10.6. The Labute approximate surface area is 107 Å². The number of aliphatic hydroxyl groups is 1. The van der Waals surface area contributed by atoms with E-state index >= 15 is 0 Å². The smallest absolute Gasteiger partial charge is 0.251 e. The van der Waals surface area contributed by atoms with Gasteiger partial charge in [-0.25, -0.2) is 0 Å². The Bertz CT molecular complexity index is 435. The fraction of sp³-hybridized carbons (Fsp3) is 0.385. The third-order valence-corrected chi connectivity index (χ3v) is 2.35. The molecule has 0 aliphatic heterocycles. The average Bonchev–Trinajstić information content (AvgIpc) is 2.35. The molecule has 5 nitrogen and oxygen atoms in total. The van der Waals surface area contributed by atoms with Gasteiger partial charge in [-0.05, 0) is 38.4 Å². The molecule has 1 unspecified atom stereocenters. The van der Waals surface area contributed by atoms with Gasteiger partial charge in [0, 0.05) is 18.7 Å². The van der Waals surface area contributed by atoms with Crippen molar-refractivity contribution in [3.05, 3.63) is 35.4 Å². The highest BCUT2D eigenvalue weighted by Crippen LogP contribution is 2.03. The summed E-state index contributed by atoms with van der Waals surface area (Å²) in [6.45, 7) is 0.699. The highest BCUT2D eigenvalue weighted by atomic mass is 16.3. The van der Waals surface area contributed by atoms with Crippen LogP contribution < -0.4 is 5.32 Å². The molecule has 0 saturated carbocycles. The van der Waals surface area contributed by atoms with E-state index in [1.807, 2.05) is 25.1 Å². The maximum absolute atomic E-state index is 11.7. The lowest BCUT2D eigenvalue weighted by Gasteiger charge is -2.16. The molecule has 0 heterocycles. The van der Waals surface area contributed by atoms with Gasteiger partial charge in [-0.3, -0.25) is 4.79 Å². The van der Waals surface area contributed by atoms with Crippen molar-refractivity contribution in [2.45, 2.75) is 6.10 Å². The molecule has 0 fully saturated rings. The van der Waals surface area contributed by atoms with E-state index in [0.29, 0.717) is 17.7 Å². The maximum atomic E-state index is 11.7. The van der Waals surface area contributed by atoms with E-state index in [1.54, 1.807) is 24.3 Å². The lowest BCUT2D eigenvalue weighted by atomic mass is 10.1. The molecule has 18 heavy (non-hydrogen) atoms. The van der Waals surface area contributed by atoms with Crippen molar-refractivity contribution < 1.29 is 9.90 Å². The molecule has 0 aliphatic carbocycles. The van der Waals surface area contributed by atoms with Crippen LogP contribution in [0, 0.1) is 11.3 Å². The summed E-state index contributed by atoms with van der Waals surface area (Å²) >= 11 is 0. The van der Waals surface area contributed by atoms with Gasteiger partial charge in [0.15, 0.2) is 0 Å². The predicted molar refractivity (Wildman–Crippen MR) is 68.1 cm³/mol. The third kappa shape index (κ3) is 4.53. The van der Waals surface area contributed by atoms with Crippen molar-refractivity contribution in [1.29, 1.82) is 5.26 Å². The van der Waals surface area contributed by atoms with Gasteiger partial charge < -0.3 is 15.3 Å². The van der Waals surface area contributed by atoms with Crippen LogP contribution in [0.5, 0.6) is 0 Å². The summed E-state index contributed by atoms with van der Waals surface area (Å²) in [6.07, 6.45) is -0.595. The number of hydrogen-bond acceptors (Lipinski definition) is 4. The Morgan fingerprint density at radius 1 is 1.44 bits per heavy atom. The lowest BCUT2D eigenvalue weighted by Crippen LogP contribution is -2.37. The van der Waals surface area contributed by atoms with Crippen LogP contribution in [-0.2, 0) is 0 Å². The van der Waals surface area contributed by atoms with E-state index in [1.165, 1.54) is 0 Å². The van der Waals surface area contributed by atoms with Crippen molar-refractivity contribution in [1.82, 2.24) is 10.2 Å². The average molecular weight is 247 g/mol. The molecule has 0 aromatic heterocycles. The van der Waals surface area contributed by atoms with Gasteiger partial charge in [-0.15, -0.1) is 0 Å². The van der Waals surface area contributed by atoms with Crippen LogP contribution in [-0.4, -0.2) is 49.2 Å². The van der Waals surface area contributed by atoms with Crippen LogP contribution in [0.2, 0.25) is 0 Å². The normalized spacial score (nSPS) is 11.9. The van der Waals surface area contributed by atoms with Crippen molar-refractivity contribution in [2.75, 3.05) is 27.2 Å². The fourth-order valence-electron chi connectivity index (χ4n) is 1.49. The summed E-state index contributed by atoms with van der Waals surface area (Å²) in [5.41, 5.74) is 0.991. The number of likely N-dealkylation sites (N-methyl/N-ethyl adjacent to an activating group) is 1. The number of aliphatic hydroxyl groups excluding tert-OH is 1. The van der Waals surface area contributed by atoms with Gasteiger partial charge in [-0.1, -0.05) is 0 Å². The number of nitrogens with one attached hydrogen (secondary N) is 1. The quantitative estimate of drug-likeness (QED) is 0.780. The summed E-state index contributed by atoms with van der Waals surface area (Å²) in [7, 11) is 3.71. The molecule has 1 aromatic carbocycles. The molecule has 0 bridgehead atoms. The highest BCUT2D eigenvalue weighted by molar-refractivity contribution is 5.94. The molecule has 0 saturated heterocycles. The molecule has 0 aliphatic rings. The SMILES string of the molecule is CN(C)CC(O)CNC(=O)c1ccc(C#N)cc1. The van der Waals surface area contributed by atoms with Crippen molar-refractivity contribution >= 4 is 5.91 Å². The first-order chi connectivity index (χ1) is 8.52. The highest BCUT2D eigenvalue weighted by Gasteiger charge is 2.09. The first-order valence-electron chi connectivity index (χ1n) is 5.64. The second kappa shape index (κ2) is 6.74. The van der Waals surface area contributed by atoms with E-state index in [-0.39, 0.29) is 12.5 Å². The van der Waals surface area contributed by atoms with Crippen LogP contribution in [0.3, 0.4) is 0 Å². The van der Waals surface area contributed by atoms with Crippen LogP contribution in [0.1, 0.15) is 15.9 Å². The van der Waals surface area contributed by atoms with Crippen molar-refractivity contribution in [3.63, 3.8) is 0 Å². The Hall–Kier alpha value is -1.90. The number of amides is 1. The molecule has 0 radical (unpaired) electrons. The number of benzene rings is 1. The van der Waals surface area contributed by atoms with E-state index < -0.39 is 6.10 Å². The molecular weight excluding hydrogens is 230 g/mol. The van der Waals surface area contributed by atoms with E-state index in [0.717, 1.165) is 0 Å². The first kappa shape index (κ1) is 14.2. The fourth-order valence-corrected chi connectivity index (χ4v) is 1.49. The number of nitriles is 1. The molecule has 1 atom stereocenters.